The van der Waals surface area contributed by atoms with Gasteiger partial charge in [-0.3, -0.25) is 4.79 Å². The molecule has 1 atom stereocenters. The monoisotopic (exact) mass is 665 g/mol. The lowest BCUT2D eigenvalue weighted by Gasteiger charge is -2.23. The van der Waals surface area contributed by atoms with E-state index in [0.717, 1.165) is 53.7 Å². The molecule has 0 radical (unpaired) electrons. The minimum atomic E-state index is -4.74. The van der Waals surface area contributed by atoms with Gasteiger partial charge in [-0.15, -0.1) is 18.3 Å². The zero-order chi connectivity index (χ0) is 33.6. The maximum Gasteiger partial charge on any atom is 0.573 e. The number of ether oxygens (including phenoxy) is 2. The van der Waals surface area contributed by atoms with Crippen LogP contribution in [0, 0.1) is 5.92 Å². The summed E-state index contributed by atoms with van der Waals surface area (Å²) in [5, 5.41) is 5.23. The van der Waals surface area contributed by atoms with Gasteiger partial charge >= 0.3 is 6.36 Å². The first-order valence-electron chi connectivity index (χ1n) is 15.6. The number of aromatic nitrogens is 3. The lowest BCUT2D eigenvalue weighted by atomic mass is 9.98. The van der Waals surface area contributed by atoms with E-state index in [1.54, 1.807) is 18.9 Å². The van der Waals surface area contributed by atoms with E-state index in [1.165, 1.54) is 46.4 Å². The van der Waals surface area contributed by atoms with Crippen molar-refractivity contribution in [1.29, 1.82) is 0 Å². The largest absolute Gasteiger partial charge is 0.573 e. The fourth-order valence-electron chi connectivity index (χ4n) is 5.43. The number of hydrogen-bond acceptors (Lipinski definition) is 6. The van der Waals surface area contributed by atoms with Gasteiger partial charge in [-0.25, -0.2) is 9.67 Å². The van der Waals surface area contributed by atoms with Gasteiger partial charge in [-0.2, -0.15) is 4.99 Å². The first-order valence-corrected chi connectivity index (χ1v) is 16.5. The zero-order valence-electron chi connectivity index (χ0n) is 26.8. The molecule has 1 amide bonds. The summed E-state index contributed by atoms with van der Waals surface area (Å²) in [6.45, 7) is 7.22. The SMILES string of the molecule is COc1ccc(N2CCSC2=NC(=O)CC(C)CCCc2ccc(-c3ncn(-c4ccc(OC(F)(F)F)cc4)n3)cc2)c(C(C)C)c1. The van der Waals surface area contributed by atoms with E-state index in [0.29, 0.717) is 23.9 Å². The highest BCUT2D eigenvalue weighted by molar-refractivity contribution is 8.14. The number of carbonyl (C=O) groups excluding carboxylic acids is 1. The van der Waals surface area contributed by atoms with Gasteiger partial charge in [0, 0.05) is 30.0 Å². The molecule has 0 N–H and O–H groups in total. The van der Waals surface area contributed by atoms with Crippen molar-refractivity contribution in [1.82, 2.24) is 14.8 Å². The number of aryl methyl sites for hydroxylation is 1. The van der Waals surface area contributed by atoms with Gasteiger partial charge in [0.2, 0.25) is 5.91 Å². The third kappa shape index (κ3) is 9.15. The summed E-state index contributed by atoms with van der Waals surface area (Å²) in [7, 11) is 1.67. The van der Waals surface area contributed by atoms with Gasteiger partial charge in [0.1, 0.15) is 17.8 Å². The molecule has 1 aliphatic rings. The Morgan fingerprint density at radius 3 is 2.43 bits per heavy atom. The Bertz CT molecular complexity index is 1690. The second-order valence-corrected chi connectivity index (χ2v) is 12.9. The van der Waals surface area contributed by atoms with Crippen LogP contribution in [0.4, 0.5) is 18.9 Å². The summed E-state index contributed by atoms with van der Waals surface area (Å²) in [5.41, 5.74) is 4.81. The number of amides is 1. The average molecular weight is 666 g/mol. The van der Waals surface area contributed by atoms with E-state index in [4.69, 9.17) is 4.74 Å². The predicted octanol–water partition coefficient (Wildman–Crippen LogP) is 8.45. The van der Waals surface area contributed by atoms with Crippen LogP contribution in [0.2, 0.25) is 0 Å². The number of amidine groups is 1. The van der Waals surface area contributed by atoms with Crippen LogP contribution in [0.1, 0.15) is 57.1 Å². The van der Waals surface area contributed by atoms with Crippen molar-refractivity contribution in [2.24, 2.45) is 10.9 Å². The maximum atomic E-state index is 13.0. The average Bonchev–Trinajstić information content (AvgIpc) is 3.71. The maximum absolute atomic E-state index is 13.0. The van der Waals surface area contributed by atoms with E-state index < -0.39 is 6.36 Å². The number of nitrogens with zero attached hydrogens (tertiary/aromatic N) is 5. The number of rotatable bonds is 12. The molecule has 0 aliphatic carbocycles. The lowest BCUT2D eigenvalue weighted by molar-refractivity contribution is -0.274. The molecule has 248 valence electrons. The number of benzene rings is 3. The normalized spacial score (nSPS) is 15.0. The van der Waals surface area contributed by atoms with Gasteiger partial charge in [0.25, 0.3) is 0 Å². The first kappa shape index (κ1) is 34.0. The van der Waals surface area contributed by atoms with Crippen molar-refractivity contribution >= 4 is 28.5 Å². The summed E-state index contributed by atoms with van der Waals surface area (Å²) in [6, 6.07) is 19.5. The minimum Gasteiger partial charge on any atom is -0.497 e. The van der Waals surface area contributed by atoms with Gasteiger partial charge in [-0.05, 0) is 84.7 Å². The molecule has 5 rings (SSSR count). The Labute approximate surface area is 277 Å². The van der Waals surface area contributed by atoms with E-state index in [-0.39, 0.29) is 17.6 Å². The molecule has 0 saturated carbocycles. The quantitative estimate of drug-likeness (QED) is 0.150. The summed E-state index contributed by atoms with van der Waals surface area (Å²) in [5.74, 6) is 2.34. The van der Waals surface area contributed by atoms with Gasteiger partial charge in [0.15, 0.2) is 11.0 Å². The molecule has 1 aliphatic heterocycles. The first-order chi connectivity index (χ1) is 22.5. The molecule has 1 unspecified atom stereocenters. The van der Waals surface area contributed by atoms with Crippen molar-refractivity contribution in [2.45, 2.75) is 58.7 Å². The summed E-state index contributed by atoms with van der Waals surface area (Å²) in [6.07, 6.45) is -0.0974. The number of carbonyl (C=O) groups is 1. The molecule has 3 aromatic carbocycles. The van der Waals surface area contributed by atoms with Crippen LogP contribution >= 0.6 is 11.8 Å². The molecule has 1 aromatic heterocycles. The fraction of sp³-hybridized carbons (Fsp3) is 0.371. The van der Waals surface area contributed by atoms with Crippen LogP contribution in [0.3, 0.4) is 0 Å². The zero-order valence-corrected chi connectivity index (χ0v) is 27.6. The van der Waals surface area contributed by atoms with Crippen LogP contribution in [-0.2, 0) is 11.2 Å². The van der Waals surface area contributed by atoms with Crippen LogP contribution in [0.15, 0.2) is 78.0 Å². The Balaban J connectivity index is 1.11. The van der Waals surface area contributed by atoms with Crippen molar-refractivity contribution in [2.75, 3.05) is 24.3 Å². The fourth-order valence-corrected chi connectivity index (χ4v) is 6.40. The number of anilines is 1. The molecule has 8 nitrogen and oxygen atoms in total. The Kier molecular flexibility index (Phi) is 10.9. The van der Waals surface area contributed by atoms with Gasteiger partial charge in [0.05, 0.1) is 12.8 Å². The standard InChI is InChI=1S/C35H38F3N5O3S/c1-23(2)30-21-29(45-4)16-17-31(30)42-18-19-47-34(42)40-32(44)20-24(3)6-5-7-25-8-10-26(11-9-25)33-39-22-43(41-33)27-12-14-28(15-13-27)46-35(36,37)38/h8-17,21-24H,5-7,18-20H2,1-4H3. The van der Waals surface area contributed by atoms with Crippen molar-refractivity contribution in [3.63, 3.8) is 0 Å². The number of halogens is 3. The molecule has 0 bridgehead atoms. The lowest BCUT2D eigenvalue weighted by Crippen LogP contribution is -2.26. The van der Waals surface area contributed by atoms with Gasteiger partial charge in [-0.1, -0.05) is 56.8 Å². The molecule has 12 heteroatoms. The van der Waals surface area contributed by atoms with E-state index in [9.17, 15) is 18.0 Å². The van der Waals surface area contributed by atoms with Crippen molar-refractivity contribution < 1.29 is 27.4 Å². The number of thioether (sulfide) groups is 1. The predicted molar refractivity (Wildman–Crippen MR) is 180 cm³/mol. The van der Waals surface area contributed by atoms with E-state index in [2.05, 4.69) is 57.6 Å². The van der Waals surface area contributed by atoms with Crippen molar-refractivity contribution in [3.05, 3.63) is 84.2 Å². The summed E-state index contributed by atoms with van der Waals surface area (Å²) < 4.78 is 48.1. The minimum absolute atomic E-state index is 0.0895. The topological polar surface area (TPSA) is 81.8 Å². The van der Waals surface area contributed by atoms with Crippen LogP contribution < -0.4 is 14.4 Å². The highest BCUT2D eigenvalue weighted by Crippen LogP contribution is 2.35. The second kappa shape index (κ2) is 15.1. The Hall–Kier alpha value is -4.32. The smallest absolute Gasteiger partial charge is 0.497 e. The number of aliphatic imine (C=N–C) groups is 1. The molecule has 4 aromatic rings. The van der Waals surface area contributed by atoms with Crippen molar-refractivity contribution in [3.8, 4) is 28.6 Å². The van der Waals surface area contributed by atoms with Crippen LogP contribution in [0.5, 0.6) is 11.5 Å². The summed E-state index contributed by atoms with van der Waals surface area (Å²) in [4.78, 5) is 24.0. The molecular weight excluding hydrogens is 627 g/mol. The highest BCUT2D eigenvalue weighted by Gasteiger charge is 2.31. The highest BCUT2D eigenvalue weighted by atomic mass is 32.2. The molecule has 1 saturated heterocycles. The molecular formula is C35H38F3N5O3S. The second-order valence-electron chi connectivity index (χ2n) is 11.8. The molecule has 1 fully saturated rings. The molecule has 47 heavy (non-hydrogen) atoms. The third-order valence-corrected chi connectivity index (χ3v) is 8.83. The van der Waals surface area contributed by atoms with Gasteiger partial charge < -0.3 is 14.4 Å². The van der Waals surface area contributed by atoms with Crippen LogP contribution in [-0.4, -0.2) is 51.6 Å². The van der Waals surface area contributed by atoms with E-state index >= 15 is 0 Å². The number of hydrogen-bond donors (Lipinski definition) is 0. The van der Waals surface area contributed by atoms with Crippen LogP contribution in [0.25, 0.3) is 17.1 Å². The Morgan fingerprint density at radius 1 is 1.02 bits per heavy atom. The third-order valence-electron chi connectivity index (χ3n) is 7.87. The molecule has 2 heterocycles. The number of alkyl halides is 3. The van der Waals surface area contributed by atoms with E-state index in [1.807, 2.05) is 30.3 Å². The number of methoxy groups -OCH3 is 1. The summed E-state index contributed by atoms with van der Waals surface area (Å²) >= 11 is 1.62. The molecule has 0 spiro atoms. The Morgan fingerprint density at radius 2 is 1.74 bits per heavy atom.